The summed E-state index contributed by atoms with van der Waals surface area (Å²) in [7, 11) is 1.77. The number of aromatic nitrogens is 3. The fourth-order valence-electron chi connectivity index (χ4n) is 4.04. The maximum atomic E-state index is 6.47. The van der Waals surface area contributed by atoms with Crippen molar-refractivity contribution >= 4 is 22.4 Å². The Kier molecular flexibility index (Phi) is 6.92. The highest BCUT2D eigenvalue weighted by Crippen LogP contribution is 2.35. The van der Waals surface area contributed by atoms with E-state index in [1.807, 2.05) is 19.1 Å². The SMILES string of the molecule is Cc1nc(/C(N)=C(\CNc2nc(C3CCC3)ns2)N(C)N)ccc1OC1CCCCC1. The molecule has 2 aliphatic rings. The van der Waals surface area contributed by atoms with E-state index in [2.05, 4.69) is 14.7 Å². The van der Waals surface area contributed by atoms with Gasteiger partial charge in [0.05, 0.1) is 35.4 Å². The van der Waals surface area contributed by atoms with Crippen LogP contribution in [0.2, 0.25) is 0 Å². The minimum Gasteiger partial charge on any atom is -0.489 e. The molecule has 5 N–H and O–H groups in total. The number of anilines is 1. The molecule has 9 heteroatoms. The van der Waals surface area contributed by atoms with Gasteiger partial charge in [-0.2, -0.15) is 4.37 Å². The smallest absolute Gasteiger partial charge is 0.202 e. The van der Waals surface area contributed by atoms with Gasteiger partial charge in [-0.15, -0.1) is 0 Å². The van der Waals surface area contributed by atoms with Crippen molar-refractivity contribution in [3.8, 4) is 5.75 Å². The number of nitrogens with one attached hydrogen (secondary N) is 1. The Bertz CT molecular complexity index is 916. The predicted molar refractivity (Wildman–Crippen MR) is 125 cm³/mol. The first-order chi connectivity index (χ1) is 15.0. The van der Waals surface area contributed by atoms with Gasteiger partial charge in [0.15, 0.2) is 0 Å². The van der Waals surface area contributed by atoms with E-state index in [9.17, 15) is 0 Å². The molecule has 0 unspecified atom stereocenters. The molecule has 0 atom stereocenters. The standard InChI is InChI=1S/C22H33N7OS/c1-14-19(30-16-9-4-3-5-10-16)12-11-17(26-14)20(23)18(29(2)24)13-25-22-27-21(28-31-22)15-7-6-8-15/h11-12,15-16H,3-10,13,23-24H2,1-2H3,(H,25,27,28)/b20-18-. The molecule has 0 amide bonds. The first-order valence-electron chi connectivity index (χ1n) is 11.2. The number of nitrogens with zero attached hydrogens (tertiary/aromatic N) is 4. The molecule has 0 aliphatic heterocycles. The highest BCUT2D eigenvalue weighted by molar-refractivity contribution is 7.09. The van der Waals surface area contributed by atoms with Gasteiger partial charge >= 0.3 is 0 Å². The van der Waals surface area contributed by atoms with E-state index >= 15 is 0 Å². The number of rotatable bonds is 8. The van der Waals surface area contributed by atoms with Crippen LogP contribution in [0.3, 0.4) is 0 Å². The van der Waals surface area contributed by atoms with Crippen molar-refractivity contribution in [1.29, 1.82) is 0 Å². The maximum Gasteiger partial charge on any atom is 0.202 e. The molecule has 4 rings (SSSR count). The fraction of sp³-hybridized carbons (Fsp3) is 0.591. The maximum absolute atomic E-state index is 6.47. The number of hydrogen-bond donors (Lipinski definition) is 3. The molecule has 2 aliphatic carbocycles. The number of pyridine rings is 1. The second-order valence-corrected chi connectivity index (χ2v) is 9.32. The number of hydrazine groups is 1. The Labute approximate surface area is 188 Å². The number of nitrogens with two attached hydrogens (primary N) is 2. The van der Waals surface area contributed by atoms with Gasteiger partial charge in [-0.05, 0) is 57.6 Å². The first kappa shape index (κ1) is 21.8. The monoisotopic (exact) mass is 443 g/mol. The molecular weight excluding hydrogens is 410 g/mol. The average Bonchev–Trinajstić information content (AvgIpc) is 3.17. The molecule has 0 spiro atoms. The molecule has 0 aromatic carbocycles. The van der Waals surface area contributed by atoms with Crippen LogP contribution in [-0.2, 0) is 0 Å². The van der Waals surface area contributed by atoms with Crippen molar-refractivity contribution in [1.82, 2.24) is 19.4 Å². The summed E-state index contributed by atoms with van der Waals surface area (Å²) < 4.78 is 10.7. The normalized spacial score (nSPS) is 18.3. The Morgan fingerprint density at radius 2 is 1.94 bits per heavy atom. The quantitative estimate of drug-likeness (QED) is 0.417. The second kappa shape index (κ2) is 9.82. The topological polar surface area (TPSA) is 115 Å². The molecular formula is C22H33N7OS. The van der Waals surface area contributed by atoms with Crippen LogP contribution in [0.25, 0.3) is 5.70 Å². The van der Waals surface area contributed by atoms with Crippen molar-refractivity contribution in [3.63, 3.8) is 0 Å². The molecule has 0 bridgehead atoms. The third kappa shape index (κ3) is 5.27. The fourth-order valence-corrected chi connectivity index (χ4v) is 4.68. The molecule has 2 heterocycles. The van der Waals surface area contributed by atoms with Crippen LogP contribution in [0.5, 0.6) is 5.75 Å². The van der Waals surface area contributed by atoms with Crippen LogP contribution in [0, 0.1) is 6.92 Å². The van der Waals surface area contributed by atoms with E-state index in [0.717, 1.165) is 40.9 Å². The predicted octanol–water partition coefficient (Wildman–Crippen LogP) is 3.77. The van der Waals surface area contributed by atoms with Gasteiger partial charge in [-0.1, -0.05) is 12.8 Å². The number of aryl methyl sites for hydroxylation is 1. The van der Waals surface area contributed by atoms with Crippen LogP contribution in [-0.4, -0.2) is 39.0 Å². The van der Waals surface area contributed by atoms with E-state index in [1.54, 1.807) is 7.05 Å². The summed E-state index contributed by atoms with van der Waals surface area (Å²) in [6.45, 7) is 2.40. The summed E-state index contributed by atoms with van der Waals surface area (Å²) in [6.07, 6.45) is 9.94. The van der Waals surface area contributed by atoms with Crippen LogP contribution < -0.4 is 21.6 Å². The molecule has 2 saturated carbocycles. The van der Waals surface area contributed by atoms with Crippen molar-refractivity contribution in [2.75, 3.05) is 18.9 Å². The molecule has 2 fully saturated rings. The van der Waals surface area contributed by atoms with Crippen molar-refractivity contribution in [2.24, 2.45) is 11.6 Å². The third-order valence-corrected chi connectivity index (χ3v) is 6.90. The summed E-state index contributed by atoms with van der Waals surface area (Å²) in [5.74, 6) is 8.39. The zero-order chi connectivity index (χ0) is 21.8. The first-order valence-corrected chi connectivity index (χ1v) is 12.0. The minimum absolute atomic E-state index is 0.291. The van der Waals surface area contributed by atoms with Gasteiger partial charge in [0.1, 0.15) is 11.6 Å². The zero-order valence-corrected chi connectivity index (χ0v) is 19.2. The highest BCUT2D eigenvalue weighted by atomic mass is 32.1. The lowest BCUT2D eigenvalue weighted by molar-refractivity contribution is 0.153. The summed E-state index contributed by atoms with van der Waals surface area (Å²) in [5.41, 5.74) is 9.28. The molecule has 0 radical (unpaired) electrons. The number of ether oxygens (including phenoxy) is 1. The van der Waals surface area contributed by atoms with Crippen LogP contribution in [0.4, 0.5) is 5.13 Å². The molecule has 2 aromatic rings. The lowest BCUT2D eigenvalue weighted by Gasteiger charge is -2.24. The number of hydrogen-bond acceptors (Lipinski definition) is 9. The Balaban J connectivity index is 1.45. The van der Waals surface area contributed by atoms with Gasteiger partial charge in [0.2, 0.25) is 5.13 Å². The summed E-state index contributed by atoms with van der Waals surface area (Å²) in [6, 6.07) is 3.87. The lowest BCUT2D eigenvalue weighted by atomic mass is 9.85. The molecule has 31 heavy (non-hydrogen) atoms. The third-order valence-electron chi connectivity index (χ3n) is 6.21. The largest absolute Gasteiger partial charge is 0.489 e. The average molecular weight is 444 g/mol. The van der Waals surface area contributed by atoms with Gasteiger partial charge in [0, 0.05) is 24.5 Å². The Morgan fingerprint density at radius 3 is 2.58 bits per heavy atom. The van der Waals surface area contributed by atoms with Gasteiger partial charge in [-0.25, -0.2) is 15.8 Å². The van der Waals surface area contributed by atoms with E-state index in [1.165, 1.54) is 55.1 Å². The minimum atomic E-state index is 0.291. The van der Waals surface area contributed by atoms with E-state index in [-0.39, 0.29) is 0 Å². The van der Waals surface area contributed by atoms with E-state index < -0.39 is 0 Å². The zero-order valence-electron chi connectivity index (χ0n) is 18.4. The Hall–Kier alpha value is -2.39. The van der Waals surface area contributed by atoms with Crippen molar-refractivity contribution < 1.29 is 4.74 Å². The highest BCUT2D eigenvalue weighted by Gasteiger charge is 2.24. The van der Waals surface area contributed by atoms with Crippen molar-refractivity contribution in [3.05, 3.63) is 35.0 Å². The summed E-state index contributed by atoms with van der Waals surface area (Å²) in [5, 5.41) is 5.63. The summed E-state index contributed by atoms with van der Waals surface area (Å²) >= 11 is 1.38. The van der Waals surface area contributed by atoms with Gasteiger partial charge < -0.3 is 20.8 Å². The second-order valence-electron chi connectivity index (χ2n) is 8.57. The molecule has 8 nitrogen and oxygen atoms in total. The molecule has 2 aromatic heterocycles. The summed E-state index contributed by atoms with van der Waals surface area (Å²) in [4.78, 5) is 9.32. The molecule has 168 valence electrons. The van der Waals surface area contributed by atoms with Crippen LogP contribution >= 0.6 is 11.5 Å². The van der Waals surface area contributed by atoms with Crippen LogP contribution in [0.1, 0.15) is 74.5 Å². The van der Waals surface area contributed by atoms with Crippen molar-refractivity contribution in [2.45, 2.75) is 70.3 Å². The van der Waals surface area contributed by atoms with E-state index in [0.29, 0.717) is 30.0 Å². The van der Waals surface area contributed by atoms with Crippen LogP contribution in [0.15, 0.2) is 17.8 Å². The molecule has 0 saturated heterocycles. The lowest BCUT2D eigenvalue weighted by Crippen LogP contribution is -2.32. The van der Waals surface area contributed by atoms with Gasteiger partial charge in [0.25, 0.3) is 0 Å². The van der Waals surface area contributed by atoms with E-state index in [4.69, 9.17) is 21.3 Å². The number of likely N-dealkylation sites (N-methyl/N-ethyl adjacent to an activating group) is 1. The van der Waals surface area contributed by atoms with Gasteiger partial charge in [-0.3, -0.25) is 0 Å². The Morgan fingerprint density at radius 1 is 1.16 bits per heavy atom.